The Morgan fingerprint density at radius 2 is 1.89 bits per heavy atom. The summed E-state index contributed by atoms with van der Waals surface area (Å²) in [6, 6.07) is 2.40. The Morgan fingerprint density at radius 3 is 2.42 bits per heavy atom. The van der Waals surface area contributed by atoms with Crippen LogP contribution in [0, 0.1) is 6.92 Å². The molecule has 0 bridgehead atoms. The van der Waals surface area contributed by atoms with E-state index in [1.165, 1.54) is 5.69 Å². The minimum absolute atomic E-state index is 0.255. The van der Waals surface area contributed by atoms with Gasteiger partial charge in [0.25, 0.3) is 0 Å². The Labute approximate surface area is 114 Å². The summed E-state index contributed by atoms with van der Waals surface area (Å²) in [6.45, 7) is 10.4. The van der Waals surface area contributed by atoms with Crippen LogP contribution >= 0.6 is 0 Å². The first kappa shape index (κ1) is 13.6. The molecule has 0 saturated carbocycles. The van der Waals surface area contributed by atoms with Crippen LogP contribution in [0.15, 0.2) is 6.07 Å². The van der Waals surface area contributed by atoms with Crippen molar-refractivity contribution >= 4 is 5.69 Å². The van der Waals surface area contributed by atoms with Gasteiger partial charge in [-0.1, -0.05) is 13.8 Å². The second kappa shape index (κ2) is 5.07. The van der Waals surface area contributed by atoms with Gasteiger partial charge in [-0.05, 0) is 39.7 Å². The lowest BCUT2D eigenvalue weighted by atomic mass is 10.2. The molecule has 0 fully saturated rings. The number of aromatic nitrogens is 4. The van der Waals surface area contributed by atoms with Crippen LogP contribution in [-0.4, -0.2) is 19.6 Å². The number of hydrogen-bond acceptors (Lipinski definition) is 3. The first-order chi connectivity index (χ1) is 8.99. The fourth-order valence-electron chi connectivity index (χ4n) is 2.20. The second-order valence-corrected chi connectivity index (χ2v) is 5.11. The van der Waals surface area contributed by atoms with Gasteiger partial charge in [0.1, 0.15) is 0 Å². The van der Waals surface area contributed by atoms with Crippen molar-refractivity contribution in [2.75, 3.05) is 5.73 Å². The van der Waals surface area contributed by atoms with E-state index in [2.05, 4.69) is 44.0 Å². The molecule has 0 amide bonds. The first-order valence-corrected chi connectivity index (χ1v) is 6.92. The highest BCUT2D eigenvalue weighted by Crippen LogP contribution is 2.25. The van der Waals surface area contributed by atoms with Crippen LogP contribution in [0.25, 0.3) is 5.82 Å². The predicted molar refractivity (Wildman–Crippen MR) is 77.6 cm³/mol. The second-order valence-electron chi connectivity index (χ2n) is 5.11. The zero-order valence-corrected chi connectivity index (χ0v) is 12.4. The van der Waals surface area contributed by atoms with E-state index in [1.54, 1.807) is 0 Å². The van der Waals surface area contributed by atoms with Crippen molar-refractivity contribution in [2.45, 2.75) is 53.5 Å². The Balaban J connectivity index is 2.67. The third-order valence-corrected chi connectivity index (χ3v) is 3.35. The zero-order valence-electron chi connectivity index (χ0n) is 12.4. The highest BCUT2D eigenvalue weighted by atomic mass is 15.4. The molecular formula is C14H23N5. The van der Waals surface area contributed by atoms with E-state index >= 15 is 0 Å². The number of hydrogen-bond donors (Lipinski definition) is 1. The highest BCUT2D eigenvalue weighted by Gasteiger charge is 2.19. The van der Waals surface area contributed by atoms with Crippen LogP contribution in [0.3, 0.4) is 0 Å². The van der Waals surface area contributed by atoms with E-state index in [0.717, 1.165) is 30.0 Å². The Kier molecular flexibility index (Phi) is 3.64. The van der Waals surface area contributed by atoms with Crippen molar-refractivity contribution in [3.8, 4) is 5.82 Å². The van der Waals surface area contributed by atoms with Crippen molar-refractivity contribution in [3.05, 3.63) is 23.1 Å². The van der Waals surface area contributed by atoms with Crippen molar-refractivity contribution in [1.82, 2.24) is 19.6 Å². The molecule has 2 heterocycles. The molecule has 0 aliphatic carbocycles. The highest BCUT2D eigenvalue weighted by molar-refractivity contribution is 5.57. The largest absolute Gasteiger partial charge is 0.394 e. The van der Waals surface area contributed by atoms with E-state index in [-0.39, 0.29) is 6.04 Å². The Bertz CT molecular complexity index is 577. The van der Waals surface area contributed by atoms with Gasteiger partial charge in [-0.15, -0.1) is 0 Å². The third-order valence-electron chi connectivity index (χ3n) is 3.35. The summed E-state index contributed by atoms with van der Waals surface area (Å²) in [5.74, 6) is 0.893. The lowest BCUT2D eigenvalue weighted by Crippen LogP contribution is -2.14. The molecule has 0 atom stereocenters. The van der Waals surface area contributed by atoms with Crippen LogP contribution in [0.2, 0.25) is 0 Å². The van der Waals surface area contributed by atoms with E-state index in [0.29, 0.717) is 5.69 Å². The van der Waals surface area contributed by atoms with E-state index in [9.17, 15) is 0 Å². The molecule has 0 saturated heterocycles. The molecule has 0 spiro atoms. The Morgan fingerprint density at radius 1 is 1.21 bits per heavy atom. The van der Waals surface area contributed by atoms with Gasteiger partial charge in [0.2, 0.25) is 0 Å². The SMILES string of the molecule is CCc1cc(CC)n(-c2c(N)c(C)nn2C(C)C)n1. The quantitative estimate of drug-likeness (QED) is 0.920. The predicted octanol–water partition coefficient (Wildman–Crippen LogP) is 2.67. The van der Waals surface area contributed by atoms with E-state index < -0.39 is 0 Å². The normalized spacial score (nSPS) is 11.5. The average Bonchev–Trinajstić information content (AvgIpc) is 2.91. The van der Waals surface area contributed by atoms with Crippen molar-refractivity contribution < 1.29 is 0 Å². The molecule has 2 rings (SSSR count). The van der Waals surface area contributed by atoms with Crippen molar-refractivity contribution in [2.24, 2.45) is 0 Å². The number of anilines is 1. The lowest BCUT2D eigenvalue weighted by Gasteiger charge is -2.13. The lowest BCUT2D eigenvalue weighted by molar-refractivity contribution is 0.509. The molecule has 0 aromatic carbocycles. The molecule has 0 aliphatic rings. The zero-order chi connectivity index (χ0) is 14.2. The molecule has 2 aromatic heterocycles. The molecule has 5 nitrogen and oxygen atoms in total. The molecule has 0 aliphatic heterocycles. The van der Waals surface area contributed by atoms with Crippen LogP contribution in [0.4, 0.5) is 5.69 Å². The van der Waals surface area contributed by atoms with Gasteiger partial charge >= 0.3 is 0 Å². The molecule has 0 unspecified atom stereocenters. The van der Waals surface area contributed by atoms with Gasteiger partial charge in [0, 0.05) is 11.7 Å². The first-order valence-electron chi connectivity index (χ1n) is 6.92. The monoisotopic (exact) mass is 261 g/mol. The van der Waals surface area contributed by atoms with Gasteiger partial charge in [0.15, 0.2) is 5.82 Å². The molecular weight excluding hydrogens is 238 g/mol. The fraction of sp³-hybridized carbons (Fsp3) is 0.571. The molecule has 19 heavy (non-hydrogen) atoms. The standard InChI is InChI=1S/C14H23N5/c1-6-11-8-12(7-2)19(17-11)14-13(15)10(5)16-18(14)9(3)4/h8-9H,6-7,15H2,1-5H3. The van der Waals surface area contributed by atoms with Crippen LogP contribution in [0.5, 0.6) is 0 Å². The van der Waals surface area contributed by atoms with Crippen LogP contribution in [0.1, 0.15) is 50.8 Å². The minimum atomic E-state index is 0.255. The summed E-state index contributed by atoms with van der Waals surface area (Å²) in [4.78, 5) is 0. The summed E-state index contributed by atoms with van der Waals surface area (Å²) in [7, 11) is 0. The molecule has 0 radical (unpaired) electrons. The Hall–Kier alpha value is -1.78. The van der Waals surface area contributed by atoms with E-state index in [4.69, 9.17) is 5.73 Å². The summed E-state index contributed by atoms with van der Waals surface area (Å²) in [5, 5.41) is 9.19. The van der Waals surface area contributed by atoms with Crippen LogP contribution in [-0.2, 0) is 12.8 Å². The van der Waals surface area contributed by atoms with Gasteiger partial charge in [-0.3, -0.25) is 0 Å². The number of nitrogens with zero attached hydrogens (tertiary/aromatic N) is 4. The number of nitrogens with two attached hydrogens (primary N) is 1. The average molecular weight is 261 g/mol. The summed E-state index contributed by atoms with van der Waals surface area (Å²) < 4.78 is 3.91. The molecule has 5 heteroatoms. The van der Waals surface area contributed by atoms with Gasteiger partial charge in [-0.2, -0.15) is 10.2 Å². The number of aryl methyl sites for hydroxylation is 3. The topological polar surface area (TPSA) is 61.7 Å². The number of nitrogen functional groups attached to an aromatic ring is 1. The van der Waals surface area contributed by atoms with Gasteiger partial charge in [-0.25, -0.2) is 9.36 Å². The molecule has 104 valence electrons. The maximum Gasteiger partial charge on any atom is 0.176 e. The van der Waals surface area contributed by atoms with Gasteiger partial charge in [0.05, 0.1) is 17.1 Å². The smallest absolute Gasteiger partial charge is 0.176 e. The third kappa shape index (κ3) is 2.25. The van der Waals surface area contributed by atoms with Crippen molar-refractivity contribution in [1.29, 1.82) is 0 Å². The van der Waals surface area contributed by atoms with Crippen LogP contribution < -0.4 is 5.73 Å². The fourth-order valence-corrected chi connectivity index (χ4v) is 2.20. The maximum absolute atomic E-state index is 6.20. The summed E-state index contributed by atoms with van der Waals surface area (Å²) >= 11 is 0. The molecule has 2 N–H and O–H groups in total. The van der Waals surface area contributed by atoms with E-state index in [1.807, 2.05) is 16.3 Å². The minimum Gasteiger partial charge on any atom is -0.394 e. The van der Waals surface area contributed by atoms with Gasteiger partial charge < -0.3 is 5.73 Å². The number of rotatable bonds is 4. The van der Waals surface area contributed by atoms with Crippen molar-refractivity contribution in [3.63, 3.8) is 0 Å². The summed E-state index contributed by atoms with van der Waals surface area (Å²) in [6.07, 6.45) is 1.85. The summed E-state index contributed by atoms with van der Waals surface area (Å²) in [5.41, 5.74) is 10.0. The molecule has 2 aromatic rings. The maximum atomic E-state index is 6.20.